The maximum Gasteiger partial charge on any atom is 0.472 e. The summed E-state index contributed by atoms with van der Waals surface area (Å²) >= 11 is 0. The molecule has 0 saturated heterocycles. The van der Waals surface area contributed by atoms with E-state index in [0.29, 0.717) is 25.7 Å². The maximum absolute atomic E-state index is 13.1. The Labute approximate surface area is 626 Å². The van der Waals surface area contributed by atoms with E-state index in [0.717, 1.165) is 115 Å². The van der Waals surface area contributed by atoms with Crippen LogP contribution in [-0.2, 0) is 65.4 Å². The van der Waals surface area contributed by atoms with Gasteiger partial charge in [0.25, 0.3) is 0 Å². The van der Waals surface area contributed by atoms with Gasteiger partial charge in [-0.1, -0.05) is 388 Å². The first-order valence-corrected chi connectivity index (χ1v) is 46.0. The van der Waals surface area contributed by atoms with Crippen molar-refractivity contribution < 1.29 is 80.2 Å². The summed E-state index contributed by atoms with van der Waals surface area (Å²) < 4.78 is 68.7. The fourth-order valence-corrected chi connectivity index (χ4v) is 14.5. The lowest BCUT2D eigenvalue weighted by atomic mass is 10.0. The monoisotopic (exact) mass is 1490 g/mol. The van der Waals surface area contributed by atoms with Crippen LogP contribution in [0.2, 0.25) is 0 Å². The summed E-state index contributed by atoms with van der Waals surface area (Å²) in [6.07, 6.45) is 65.4. The second-order valence-corrected chi connectivity index (χ2v) is 33.7. The summed E-state index contributed by atoms with van der Waals surface area (Å²) in [6.45, 7) is 9.68. The van der Waals surface area contributed by atoms with Gasteiger partial charge in [-0.3, -0.25) is 37.3 Å². The number of ether oxygens (including phenoxy) is 4. The number of phosphoric acid groups is 2. The van der Waals surface area contributed by atoms with Crippen LogP contribution in [0, 0.1) is 11.8 Å². The highest BCUT2D eigenvalue weighted by molar-refractivity contribution is 7.47. The fraction of sp³-hybridized carbons (Fsp3) is 0.952. The maximum atomic E-state index is 13.1. The molecule has 0 aliphatic heterocycles. The van der Waals surface area contributed by atoms with Crippen molar-refractivity contribution in [2.45, 2.75) is 458 Å². The number of rotatable bonds is 82. The zero-order valence-corrected chi connectivity index (χ0v) is 68.7. The van der Waals surface area contributed by atoms with Crippen molar-refractivity contribution in [3.05, 3.63) is 0 Å². The molecule has 17 nitrogen and oxygen atoms in total. The molecule has 0 heterocycles. The number of aliphatic hydroxyl groups excluding tert-OH is 1. The van der Waals surface area contributed by atoms with Crippen molar-refractivity contribution in [1.29, 1.82) is 0 Å². The van der Waals surface area contributed by atoms with Crippen molar-refractivity contribution in [2.75, 3.05) is 39.6 Å². The molecule has 0 radical (unpaired) electrons. The van der Waals surface area contributed by atoms with Crippen molar-refractivity contribution in [1.82, 2.24) is 0 Å². The highest BCUT2D eigenvalue weighted by atomic mass is 31.2. The van der Waals surface area contributed by atoms with Gasteiger partial charge in [0.05, 0.1) is 26.4 Å². The van der Waals surface area contributed by atoms with Gasteiger partial charge in [0, 0.05) is 25.7 Å². The van der Waals surface area contributed by atoms with Crippen molar-refractivity contribution in [3.8, 4) is 0 Å². The van der Waals surface area contributed by atoms with Gasteiger partial charge in [-0.2, -0.15) is 0 Å². The van der Waals surface area contributed by atoms with Gasteiger partial charge >= 0.3 is 39.5 Å². The van der Waals surface area contributed by atoms with Gasteiger partial charge in [-0.05, 0) is 37.5 Å². The quantitative estimate of drug-likeness (QED) is 0.0222. The number of unbranched alkanes of at least 4 members (excludes halogenated alkanes) is 52. The zero-order valence-electron chi connectivity index (χ0n) is 66.9. The summed E-state index contributed by atoms with van der Waals surface area (Å²) in [4.78, 5) is 72.9. The number of carbonyl (C=O) groups is 4. The number of carbonyl (C=O) groups excluding carboxylic acids is 4. The van der Waals surface area contributed by atoms with E-state index >= 15 is 0 Å². The molecule has 102 heavy (non-hydrogen) atoms. The number of hydrogen-bond acceptors (Lipinski definition) is 15. The number of aliphatic hydroxyl groups is 1. The van der Waals surface area contributed by atoms with Crippen molar-refractivity contribution >= 4 is 39.5 Å². The van der Waals surface area contributed by atoms with Crippen LogP contribution < -0.4 is 0 Å². The third-order valence-corrected chi connectivity index (χ3v) is 21.4. The molecule has 0 spiro atoms. The smallest absolute Gasteiger partial charge is 0.462 e. The lowest BCUT2D eigenvalue weighted by Crippen LogP contribution is -2.30. The molecule has 0 fully saturated rings. The summed E-state index contributed by atoms with van der Waals surface area (Å²) in [7, 11) is -9.92. The van der Waals surface area contributed by atoms with Crippen LogP contribution in [0.15, 0.2) is 0 Å². The summed E-state index contributed by atoms with van der Waals surface area (Å²) in [5, 5.41) is 10.6. The molecule has 2 unspecified atom stereocenters. The summed E-state index contributed by atoms with van der Waals surface area (Å²) in [5.41, 5.74) is 0. The Morgan fingerprint density at radius 3 is 0.667 bits per heavy atom. The topological polar surface area (TPSA) is 237 Å². The zero-order chi connectivity index (χ0) is 74.9. The molecule has 19 heteroatoms. The number of phosphoric ester groups is 2. The fourth-order valence-electron chi connectivity index (χ4n) is 12.9. The van der Waals surface area contributed by atoms with Crippen LogP contribution in [0.25, 0.3) is 0 Å². The molecule has 5 atom stereocenters. The molecule has 0 saturated carbocycles. The summed E-state index contributed by atoms with van der Waals surface area (Å²) in [6, 6.07) is 0. The van der Waals surface area contributed by atoms with E-state index in [9.17, 15) is 43.2 Å². The first kappa shape index (κ1) is 100. The van der Waals surface area contributed by atoms with E-state index in [1.54, 1.807) is 0 Å². The molecule has 0 aromatic heterocycles. The third kappa shape index (κ3) is 76.3. The highest BCUT2D eigenvalue weighted by Crippen LogP contribution is 2.45. The second kappa shape index (κ2) is 74.5. The minimum Gasteiger partial charge on any atom is -0.462 e. The molecule has 0 rings (SSSR count). The number of hydrogen-bond donors (Lipinski definition) is 3. The first-order chi connectivity index (χ1) is 49.4. The minimum absolute atomic E-state index is 0.108. The van der Waals surface area contributed by atoms with Crippen LogP contribution in [0.5, 0.6) is 0 Å². The molecule has 3 N–H and O–H groups in total. The highest BCUT2D eigenvalue weighted by Gasteiger charge is 2.30. The van der Waals surface area contributed by atoms with Crippen molar-refractivity contribution in [2.24, 2.45) is 11.8 Å². The van der Waals surface area contributed by atoms with Gasteiger partial charge in [0.15, 0.2) is 12.2 Å². The predicted octanol–water partition coefficient (Wildman–Crippen LogP) is 25.1. The summed E-state index contributed by atoms with van der Waals surface area (Å²) in [5.74, 6) is -0.477. The van der Waals surface area contributed by atoms with E-state index in [4.69, 9.17) is 37.0 Å². The SMILES string of the molecule is CCCCCCCCCCCCCCCCCC(=O)O[C@H](COC(=O)CCCCCCCCC)COP(=O)(O)OC[C@H](O)COP(=O)(O)OC[C@@H](COC(=O)CCCCCCCCCCCCCCCCCCC(C)C)OC(=O)CCCCCCCCCCCCCCCCCCCCC(C)C. The Kier molecular flexibility index (Phi) is 73.1. The Morgan fingerprint density at radius 2 is 0.451 bits per heavy atom. The largest absolute Gasteiger partial charge is 0.472 e. The first-order valence-electron chi connectivity index (χ1n) is 43.0. The Hall–Kier alpha value is -1.94. The van der Waals surface area contributed by atoms with E-state index in [2.05, 4.69) is 41.5 Å². The molecule has 606 valence electrons. The van der Waals surface area contributed by atoms with Gasteiger partial charge in [0.2, 0.25) is 0 Å². The molecule has 0 aromatic carbocycles. The average Bonchev–Trinajstić information content (AvgIpc) is 0.912. The molecule has 0 bridgehead atoms. The Bertz CT molecular complexity index is 1960. The third-order valence-electron chi connectivity index (χ3n) is 19.5. The molecular weight excluding hydrogens is 1330 g/mol. The standard InChI is InChI=1S/C83H162O17P2/c1-7-9-11-13-15-16-17-18-25-33-38-43-49-55-61-67-82(87)99-78(71-93-80(85)65-59-53-45-14-12-10-8-2)73-97-101(89,90)95-69-77(84)70-96-102(91,92)98-74-79(72-94-81(86)66-60-54-48-42-37-32-28-24-23-27-31-36-41-47-52-58-64-76(5)6)100-83(88)68-62-56-50-44-39-34-29-22-20-19-21-26-30-35-40-46-51-57-63-75(3)4/h75-79,84H,7-74H2,1-6H3,(H,89,90)(H,91,92)/t77-,78+,79+/m0/s1. The molecule has 0 aliphatic carbocycles. The lowest BCUT2D eigenvalue weighted by Gasteiger charge is -2.21. The van der Waals surface area contributed by atoms with E-state index in [1.165, 1.54) is 244 Å². The van der Waals surface area contributed by atoms with E-state index in [-0.39, 0.29) is 25.7 Å². The van der Waals surface area contributed by atoms with E-state index < -0.39 is 97.5 Å². The van der Waals surface area contributed by atoms with Gasteiger partial charge in [-0.25, -0.2) is 9.13 Å². The van der Waals surface area contributed by atoms with Crippen LogP contribution >= 0.6 is 15.6 Å². The molecule has 0 amide bonds. The van der Waals surface area contributed by atoms with Gasteiger partial charge in [-0.15, -0.1) is 0 Å². The van der Waals surface area contributed by atoms with Crippen LogP contribution in [-0.4, -0.2) is 96.7 Å². The average molecular weight is 1490 g/mol. The number of esters is 4. The normalized spacial score (nSPS) is 13.9. The Morgan fingerprint density at radius 1 is 0.265 bits per heavy atom. The molecular formula is C83H162O17P2. The lowest BCUT2D eigenvalue weighted by molar-refractivity contribution is -0.161. The van der Waals surface area contributed by atoms with Gasteiger partial charge < -0.3 is 33.8 Å². The Balaban J connectivity index is 5.17. The molecule has 0 aromatic rings. The van der Waals surface area contributed by atoms with Crippen LogP contribution in [0.1, 0.15) is 440 Å². The predicted molar refractivity (Wildman–Crippen MR) is 418 cm³/mol. The van der Waals surface area contributed by atoms with Gasteiger partial charge in [0.1, 0.15) is 19.3 Å². The minimum atomic E-state index is -4.96. The molecule has 0 aliphatic rings. The van der Waals surface area contributed by atoms with Crippen LogP contribution in [0.4, 0.5) is 0 Å². The second-order valence-electron chi connectivity index (χ2n) is 30.8. The van der Waals surface area contributed by atoms with Crippen molar-refractivity contribution in [3.63, 3.8) is 0 Å². The van der Waals surface area contributed by atoms with Crippen LogP contribution in [0.3, 0.4) is 0 Å². The van der Waals surface area contributed by atoms with E-state index in [1.807, 2.05) is 0 Å².